The molecule has 2 aliphatic heterocycles. The Morgan fingerprint density at radius 1 is 1.39 bits per heavy atom. The number of rotatable bonds is 5. The molecule has 4 rings (SSSR count). The zero-order valence-electron chi connectivity index (χ0n) is 13.4. The highest BCUT2D eigenvalue weighted by Gasteiger charge is 2.41. The summed E-state index contributed by atoms with van der Waals surface area (Å²) in [7, 11) is 0. The third kappa shape index (κ3) is 3.75. The van der Waals surface area contributed by atoms with Gasteiger partial charge >= 0.3 is 0 Å². The number of hydrogen-bond donors (Lipinski definition) is 1. The molecule has 1 amide bonds. The number of carbonyl (C=O) groups is 1. The fourth-order valence-corrected chi connectivity index (χ4v) is 4.53. The number of aromatic nitrogens is 1. The number of nitrogens with zero attached hydrogens (tertiary/aromatic N) is 2. The average Bonchev–Trinajstić information content (AvgIpc) is 3.27. The summed E-state index contributed by atoms with van der Waals surface area (Å²) in [5, 5.41) is 6.37. The number of ether oxygens (including phenoxy) is 1. The molecule has 0 aromatic carbocycles. The van der Waals surface area contributed by atoms with Gasteiger partial charge in [-0.15, -0.1) is 11.3 Å². The van der Waals surface area contributed by atoms with Crippen molar-refractivity contribution in [2.24, 2.45) is 17.8 Å². The van der Waals surface area contributed by atoms with Crippen molar-refractivity contribution >= 4 is 17.2 Å². The Kier molecular flexibility index (Phi) is 4.64. The second-order valence-corrected chi connectivity index (χ2v) is 8.09. The van der Waals surface area contributed by atoms with Crippen molar-refractivity contribution in [3.05, 3.63) is 16.6 Å². The minimum absolute atomic E-state index is 0.117. The van der Waals surface area contributed by atoms with Crippen LogP contribution in [0.4, 0.5) is 0 Å². The Hall–Kier alpha value is -0.980. The fourth-order valence-electron chi connectivity index (χ4n) is 3.87. The van der Waals surface area contributed by atoms with E-state index >= 15 is 0 Å². The molecule has 23 heavy (non-hydrogen) atoms. The highest BCUT2D eigenvalue weighted by molar-refractivity contribution is 7.09. The molecule has 3 aliphatic rings. The lowest BCUT2D eigenvalue weighted by Gasteiger charge is -2.44. The van der Waals surface area contributed by atoms with Crippen LogP contribution in [0.3, 0.4) is 0 Å². The fraction of sp³-hybridized carbons (Fsp3) is 0.765. The van der Waals surface area contributed by atoms with Gasteiger partial charge in [-0.05, 0) is 31.6 Å². The second kappa shape index (κ2) is 6.87. The van der Waals surface area contributed by atoms with Crippen LogP contribution >= 0.6 is 11.3 Å². The van der Waals surface area contributed by atoms with Gasteiger partial charge in [-0.2, -0.15) is 0 Å². The molecule has 3 atom stereocenters. The standard InChI is InChI=1S/C17H25N3O2S/c21-17(19-9-12-1-2-12)13-4-7-22-15-3-6-20(10-14(13)15)11-16-18-5-8-23-16/h5,8,12-15H,1-4,6-7,9-11H2,(H,19,21)/t13-,14+,15-/m1/s1. The van der Waals surface area contributed by atoms with Gasteiger partial charge in [0.25, 0.3) is 0 Å². The predicted molar refractivity (Wildman–Crippen MR) is 89.1 cm³/mol. The van der Waals surface area contributed by atoms with Gasteiger partial charge in [-0.1, -0.05) is 0 Å². The van der Waals surface area contributed by atoms with Crippen LogP contribution in [0.25, 0.3) is 0 Å². The maximum Gasteiger partial charge on any atom is 0.223 e. The summed E-state index contributed by atoms with van der Waals surface area (Å²) in [6.07, 6.45) is 6.58. The van der Waals surface area contributed by atoms with Crippen molar-refractivity contribution in [1.29, 1.82) is 0 Å². The molecule has 1 aliphatic carbocycles. The maximum atomic E-state index is 12.6. The van der Waals surface area contributed by atoms with E-state index in [-0.39, 0.29) is 17.9 Å². The number of likely N-dealkylation sites (tertiary alicyclic amines) is 1. The number of piperidine rings is 1. The lowest BCUT2D eigenvalue weighted by molar-refractivity contribution is -0.142. The third-order valence-corrected chi connectivity index (χ3v) is 6.16. The highest BCUT2D eigenvalue weighted by atomic mass is 32.1. The first kappa shape index (κ1) is 15.5. The van der Waals surface area contributed by atoms with Gasteiger partial charge in [0.05, 0.1) is 12.6 Å². The Labute approximate surface area is 141 Å². The van der Waals surface area contributed by atoms with E-state index in [9.17, 15) is 4.79 Å². The van der Waals surface area contributed by atoms with E-state index in [1.165, 1.54) is 12.8 Å². The third-order valence-electron chi connectivity index (χ3n) is 5.40. The molecule has 1 N–H and O–H groups in total. The molecule has 6 heteroatoms. The second-order valence-electron chi connectivity index (χ2n) is 7.11. The molecular weight excluding hydrogens is 310 g/mol. The number of nitrogens with one attached hydrogen (secondary N) is 1. The first-order chi connectivity index (χ1) is 11.3. The van der Waals surface area contributed by atoms with Crippen LogP contribution < -0.4 is 5.32 Å². The van der Waals surface area contributed by atoms with Crippen LogP contribution in [0.15, 0.2) is 11.6 Å². The van der Waals surface area contributed by atoms with Crippen molar-refractivity contribution in [3.63, 3.8) is 0 Å². The van der Waals surface area contributed by atoms with Crippen molar-refractivity contribution in [2.45, 2.75) is 38.3 Å². The van der Waals surface area contributed by atoms with E-state index < -0.39 is 0 Å². The number of fused-ring (bicyclic) bond motifs is 1. The van der Waals surface area contributed by atoms with Crippen molar-refractivity contribution in [1.82, 2.24) is 15.2 Å². The van der Waals surface area contributed by atoms with E-state index in [0.29, 0.717) is 5.92 Å². The normalized spacial score (nSPS) is 31.6. The van der Waals surface area contributed by atoms with Crippen molar-refractivity contribution in [2.75, 3.05) is 26.2 Å². The molecule has 0 bridgehead atoms. The molecule has 2 saturated heterocycles. The molecule has 5 nitrogen and oxygen atoms in total. The highest BCUT2D eigenvalue weighted by Crippen LogP contribution is 2.34. The summed E-state index contributed by atoms with van der Waals surface area (Å²) < 4.78 is 5.96. The van der Waals surface area contributed by atoms with Crippen LogP contribution in [0.2, 0.25) is 0 Å². The molecule has 3 fully saturated rings. The molecule has 0 unspecified atom stereocenters. The van der Waals surface area contributed by atoms with E-state index in [2.05, 4.69) is 15.2 Å². The zero-order valence-corrected chi connectivity index (χ0v) is 14.3. The minimum atomic E-state index is 0.117. The van der Waals surface area contributed by atoms with Gasteiger partial charge in [-0.25, -0.2) is 4.98 Å². The molecule has 126 valence electrons. The number of amides is 1. The average molecular weight is 335 g/mol. The number of thiazole rings is 1. The Morgan fingerprint density at radius 2 is 2.30 bits per heavy atom. The summed E-state index contributed by atoms with van der Waals surface area (Å²) in [5.41, 5.74) is 0. The monoisotopic (exact) mass is 335 g/mol. The summed E-state index contributed by atoms with van der Waals surface area (Å²) >= 11 is 1.71. The Balaban J connectivity index is 1.37. The lowest BCUT2D eigenvalue weighted by atomic mass is 9.79. The first-order valence-electron chi connectivity index (χ1n) is 8.79. The van der Waals surface area contributed by atoms with E-state index in [1.807, 2.05) is 11.6 Å². The van der Waals surface area contributed by atoms with Gasteiger partial charge in [0.2, 0.25) is 5.91 Å². The smallest absolute Gasteiger partial charge is 0.223 e. The van der Waals surface area contributed by atoms with Gasteiger partial charge in [0, 0.05) is 49.7 Å². The zero-order chi connectivity index (χ0) is 15.6. The van der Waals surface area contributed by atoms with Crippen LogP contribution in [0.1, 0.15) is 30.7 Å². The number of carbonyl (C=O) groups excluding carboxylic acids is 1. The largest absolute Gasteiger partial charge is 0.378 e. The van der Waals surface area contributed by atoms with Crippen LogP contribution in [0, 0.1) is 17.8 Å². The van der Waals surface area contributed by atoms with Crippen LogP contribution in [-0.4, -0.2) is 48.1 Å². The van der Waals surface area contributed by atoms with Crippen molar-refractivity contribution < 1.29 is 9.53 Å². The molecule has 1 aromatic heterocycles. The van der Waals surface area contributed by atoms with Crippen molar-refractivity contribution in [3.8, 4) is 0 Å². The summed E-state index contributed by atoms with van der Waals surface area (Å²) in [6.45, 7) is 4.49. The van der Waals surface area contributed by atoms with Gasteiger partial charge in [-0.3, -0.25) is 9.69 Å². The number of hydrogen-bond acceptors (Lipinski definition) is 5. The van der Waals surface area contributed by atoms with Crippen LogP contribution in [0.5, 0.6) is 0 Å². The summed E-state index contributed by atoms with van der Waals surface area (Å²) in [5.74, 6) is 1.44. The maximum absolute atomic E-state index is 12.6. The topological polar surface area (TPSA) is 54.5 Å². The SMILES string of the molecule is O=C(NCC1CC1)[C@@H]1CCO[C@@H]2CCN(Cc3nccs3)C[C@H]21. The molecule has 1 aromatic rings. The summed E-state index contributed by atoms with van der Waals surface area (Å²) in [4.78, 5) is 19.4. The molecule has 1 saturated carbocycles. The quantitative estimate of drug-likeness (QED) is 0.893. The first-order valence-corrected chi connectivity index (χ1v) is 9.67. The minimum Gasteiger partial charge on any atom is -0.378 e. The van der Waals surface area contributed by atoms with E-state index in [1.54, 1.807) is 11.3 Å². The van der Waals surface area contributed by atoms with Gasteiger partial charge in [0.15, 0.2) is 0 Å². The molecule has 0 spiro atoms. The Morgan fingerprint density at radius 3 is 3.09 bits per heavy atom. The van der Waals surface area contributed by atoms with Gasteiger partial charge < -0.3 is 10.1 Å². The lowest BCUT2D eigenvalue weighted by Crippen LogP contribution is -2.53. The van der Waals surface area contributed by atoms with Crippen LogP contribution in [-0.2, 0) is 16.1 Å². The molecular formula is C17H25N3O2S. The Bertz CT molecular complexity index is 532. The molecule has 0 radical (unpaired) electrons. The summed E-state index contributed by atoms with van der Waals surface area (Å²) in [6, 6.07) is 0. The van der Waals surface area contributed by atoms with E-state index in [4.69, 9.17) is 4.74 Å². The predicted octanol–water partition coefficient (Wildman–Crippen LogP) is 1.90. The van der Waals surface area contributed by atoms with E-state index in [0.717, 1.165) is 56.6 Å². The van der Waals surface area contributed by atoms with Gasteiger partial charge in [0.1, 0.15) is 5.01 Å². The molecule has 3 heterocycles.